The molecule has 1 heterocycles. The van der Waals surface area contributed by atoms with Crippen molar-refractivity contribution >= 4 is 23.4 Å². The molecule has 2 aromatic rings. The number of aromatic nitrogens is 1. The Morgan fingerprint density at radius 1 is 1.32 bits per heavy atom. The average molecular weight is 272 g/mol. The van der Waals surface area contributed by atoms with E-state index in [4.69, 9.17) is 5.73 Å². The molecule has 0 atom stereocenters. The summed E-state index contributed by atoms with van der Waals surface area (Å²) in [5.41, 5.74) is 7.73. The quantitative estimate of drug-likeness (QED) is 0.850. The van der Waals surface area contributed by atoms with Gasteiger partial charge in [0.25, 0.3) is 0 Å². The summed E-state index contributed by atoms with van der Waals surface area (Å²) in [4.78, 5) is 17.0. The lowest BCUT2D eigenvalue weighted by Gasteiger charge is -2.04. The second-order valence-electron chi connectivity index (χ2n) is 4.37. The fourth-order valence-electron chi connectivity index (χ4n) is 1.73. The molecule has 3 nitrogen and oxygen atoms in total. The Hall–Kier alpha value is -1.81. The third kappa shape index (κ3) is 4.10. The van der Waals surface area contributed by atoms with Crippen LogP contribution < -0.4 is 5.73 Å². The fraction of sp³-hybridized carbons (Fsp3) is 0.200. The maximum Gasteiger partial charge on any atom is 0.147 e. The number of hydrogen-bond acceptors (Lipinski definition) is 4. The van der Waals surface area contributed by atoms with Crippen molar-refractivity contribution in [2.24, 2.45) is 0 Å². The van der Waals surface area contributed by atoms with Gasteiger partial charge < -0.3 is 5.73 Å². The number of nitrogens with two attached hydrogens (primary N) is 1. The summed E-state index contributed by atoms with van der Waals surface area (Å²) in [5.74, 6) is 1.06. The Morgan fingerprint density at radius 3 is 2.89 bits per heavy atom. The van der Waals surface area contributed by atoms with E-state index in [-0.39, 0.29) is 5.78 Å². The van der Waals surface area contributed by atoms with Crippen molar-refractivity contribution in [3.63, 3.8) is 0 Å². The number of anilines is 1. The molecule has 0 saturated carbocycles. The first-order valence-corrected chi connectivity index (χ1v) is 7.04. The van der Waals surface area contributed by atoms with E-state index >= 15 is 0 Å². The standard InChI is InChI=1S/C15H16N2OS/c1-11-4-2-6-14(8-11)19-10-13(18)9-12-5-3-7-17-15(12)16/h2-8H,9-10H2,1H3,(H2,16,17). The SMILES string of the molecule is Cc1cccc(SCC(=O)Cc2cccnc2N)c1. The van der Waals surface area contributed by atoms with Crippen LogP contribution in [-0.2, 0) is 11.2 Å². The number of Topliss-reactive ketones (excluding diaryl/α,β-unsaturated/α-hetero) is 1. The number of benzene rings is 1. The van der Waals surface area contributed by atoms with Crippen molar-refractivity contribution in [2.75, 3.05) is 11.5 Å². The number of thioether (sulfide) groups is 1. The first-order valence-electron chi connectivity index (χ1n) is 6.05. The molecule has 19 heavy (non-hydrogen) atoms. The number of pyridine rings is 1. The van der Waals surface area contributed by atoms with Crippen LogP contribution in [0.2, 0.25) is 0 Å². The second kappa shape index (κ2) is 6.38. The lowest BCUT2D eigenvalue weighted by atomic mass is 10.1. The van der Waals surface area contributed by atoms with Crippen LogP contribution in [0.25, 0.3) is 0 Å². The van der Waals surface area contributed by atoms with Crippen LogP contribution in [0.1, 0.15) is 11.1 Å². The van der Waals surface area contributed by atoms with E-state index in [0.29, 0.717) is 18.0 Å². The van der Waals surface area contributed by atoms with Gasteiger partial charge >= 0.3 is 0 Å². The minimum absolute atomic E-state index is 0.159. The van der Waals surface area contributed by atoms with E-state index < -0.39 is 0 Å². The maximum atomic E-state index is 11.9. The van der Waals surface area contributed by atoms with Gasteiger partial charge in [-0.25, -0.2) is 4.98 Å². The molecule has 0 radical (unpaired) electrons. The summed E-state index contributed by atoms with van der Waals surface area (Å²) < 4.78 is 0. The van der Waals surface area contributed by atoms with Crippen LogP contribution in [0.5, 0.6) is 0 Å². The molecule has 4 heteroatoms. The number of aryl methyl sites for hydroxylation is 1. The van der Waals surface area contributed by atoms with Gasteiger partial charge in [-0.3, -0.25) is 4.79 Å². The molecule has 2 rings (SSSR count). The molecule has 98 valence electrons. The lowest BCUT2D eigenvalue weighted by Crippen LogP contribution is -2.08. The number of carbonyl (C=O) groups excluding carboxylic acids is 1. The van der Waals surface area contributed by atoms with Gasteiger partial charge in [-0.05, 0) is 25.1 Å². The highest BCUT2D eigenvalue weighted by molar-refractivity contribution is 8.00. The van der Waals surface area contributed by atoms with Crippen molar-refractivity contribution < 1.29 is 4.79 Å². The first-order chi connectivity index (χ1) is 9.15. The van der Waals surface area contributed by atoms with Crippen LogP contribution >= 0.6 is 11.8 Å². The highest BCUT2D eigenvalue weighted by atomic mass is 32.2. The van der Waals surface area contributed by atoms with E-state index in [0.717, 1.165) is 10.5 Å². The van der Waals surface area contributed by atoms with Crippen molar-refractivity contribution in [1.82, 2.24) is 4.98 Å². The van der Waals surface area contributed by atoms with E-state index in [2.05, 4.69) is 11.1 Å². The minimum Gasteiger partial charge on any atom is -0.383 e. The average Bonchev–Trinajstić information content (AvgIpc) is 2.39. The molecule has 1 aromatic heterocycles. The van der Waals surface area contributed by atoms with E-state index in [9.17, 15) is 4.79 Å². The van der Waals surface area contributed by atoms with Gasteiger partial charge in [-0.15, -0.1) is 11.8 Å². The van der Waals surface area contributed by atoms with Gasteiger partial charge in [0, 0.05) is 23.1 Å². The summed E-state index contributed by atoms with van der Waals surface area (Å²) >= 11 is 1.56. The molecule has 0 unspecified atom stereocenters. The molecule has 0 spiro atoms. The topological polar surface area (TPSA) is 56.0 Å². The van der Waals surface area contributed by atoms with Crippen LogP contribution in [0.4, 0.5) is 5.82 Å². The predicted octanol–water partition coefficient (Wildman–Crippen LogP) is 2.88. The normalized spacial score (nSPS) is 10.4. The smallest absolute Gasteiger partial charge is 0.147 e. The van der Waals surface area contributed by atoms with Crippen molar-refractivity contribution in [1.29, 1.82) is 0 Å². The highest BCUT2D eigenvalue weighted by Crippen LogP contribution is 2.19. The maximum absolute atomic E-state index is 11.9. The van der Waals surface area contributed by atoms with E-state index in [1.54, 1.807) is 24.0 Å². The lowest BCUT2D eigenvalue weighted by molar-refractivity contribution is -0.116. The van der Waals surface area contributed by atoms with Crippen molar-refractivity contribution in [3.05, 3.63) is 53.7 Å². The Balaban J connectivity index is 1.90. The molecule has 0 aliphatic carbocycles. The number of carbonyl (C=O) groups is 1. The first kappa shape index (κ1) is 13.6. The largest absolute Gasteiger partial charge is 0.383 e. The van der Waals surface area contributed by atoms with Crippen LogP contribution in [0.15, 0.2) is 47.5 Å². The molecule has 0 aliphatic heterocycles. The third-order valence-corrected chi connectivity index (χ3v) is 3.76. The summed E-state index contributed by atoms with van der Waals surface area (Å²) in [6.07, 6.45) is 1.98. The van der Waals surface area contributed by atoms with E-state index in [1.807, 2.05) is 31.2 Å². The number of hydrogen-bond donors (Lipinski definition) is 1. The van der Waals surface area contributed by atoms with Crippen LogP contribution in [0, 0.1) is 6.92 Å². The molecule has 0 fully saturated rings. The Morgan fingerprint density at radius 2 is 2.16 bits per heavy atom. The number of nitrogens with zero attached hydrogens (tertiary/aromatic N) is 1. The summed E-state index contributed by atoms with van der Waals surface area (Å²) in [7, 11) is 0. The van der Waals surface area contributed by atoms with Gasteiger partial charge in [0.15, 0.2) is 0 Å². The molecule has 0 bridgehead atoms. The number of rotatable bonds is 5. The highest BCUT2D eigenvalue weighted by Gasteiger charge is 2.07. The summed E-state index contributed by atoms with van der Waals surface area (Å²) in [6, 6.07) is 11.8. The van der Waals surface area contributed by atoms with Gasteiger partial charge in [-0.2, -0.15) is 0 Å². The van der Waals surface area contributed by atoms with Gasteiger partial charge in [0.1, 0.15) is 11.6 Å². The zero-order chi connectivity index (χ0) is 13.7. The Kier molecular flexibility index (Phi) is 4.58. The monoisotopic (exact) mass is 272 g/mol. The zero-order valence-corrected chi connectivity index (χ0v) is 11.6. The van der Waals surface area contributed by atoms with Crippen molar-refractivity contribution in [3.8, 4) is 0 Å². The van der Waals surface area contributed by atoms with Crippen molar-refractivity contribution in [2.45, 2.75) is 18.2 Å². The molecule has 0 saturated heterocycles. The second-order valence-corrected chi connectivity index (χ2v) is 5.42. The van der Waals surface area contributed by atoms with Gasteiger partial charge in [-0.1, -0.05) is 23.8 Å². The minimum atomic E-state index is 0.159. The molecule has 0 amide bonds. The van der Waals surface area contributed by atoms with Crippen LogP contribution in [-0.4, -0.2) is 16.5 Å². The summed E-state index contributed by atoms with van der Waals surface area (Å²) in [6.45, 7) is 2.04. The third-order valence-electron chi connectivity index (χ3n) is 2.70. The molecule has 0 aliphatic rings. The van der Waals surface area contributed by atoms with Gasteiger partial charge in [0.05, 0.1) is 5.75 Å². The molecular weight excluding hydrogens is 256 g/mol. The Labute approximate surface area is 117 Å². The zero-order valence-electron chi connectivity index (χ0n) is 10.8. The molecular formula is C15H16N2OS. The number of nitrogen functional groups attached to an aromatic ring is 1. The van der Waals surface area contributed by atoms with Crippen LogP contribution in [0.3, 0.4) is 0 Å². The summed E-state index contributed by atoms with van der Waals surface area (Å²) in [5, 5.41) is 0. The van der Waals surface area contributed by atoms with E-state index in [1.165, 1.54) is 5.56 Å². The number of ketones is 1. The van der Waals surface area contributed by atoms with Gasteiger partial charge in [0.2, 0.25) is 0 Å². The predicted molar refractivity (Wildman–Crippen MR) is 79.3 cm³/mol. The fourth-order valence-corrected chi connectivity index (χ4v) is 2.61. The molecule has 2 N–H and O–H groups in total. The Bertz CT molecular complexity index is 584. The molecule has 1 aromatic carbocycles.